The van der Waals surface area contributed by atoms with Crippen molar-refractivity contribution in [3.63, 3.8) is 0 Å². The second-order valence-electron chi connectivity index (χ2n) is 2.76. The minimum atomic E-state index is 0.424. The lowest BCUT2D eigenvalue weighted by Gasteiger charge is -2.18. The number of benzene rings is 1. The lowest BCUT2D eigenvalue weighted by Crippen LogP contribution is -2.15. The van der Waals surface area contributed by atoms with E-state index in [0.717, 1.165) is 0 Å². The molecule has 1 radical (unpaired) electrons. The van der Waals surface area contributed by atoms with E-state index in [1.54, 1.807) is 0 Å². The standard InChI is InChI=1S/C10H10N/c1-8-10-5-3-2-4-9(10)6-7-11-8/h2-3,5-8,11H,1H3. The Labute approximate surface area is 66.7 Å². The predicted molar refractivity (Wildman–Crippen MR) is 45.9 cm³/mol. The summed E-state index contributed by atoms with van der Waals surface area (Å²) in [6.45, 7) is 2.15. The third-order valence-electron chi connectivity index (χ3n) is 1.98. The van der Waals surface area contributed by atoms with Crippen LogP contribution >= 0.6 is 0 Å². The van der Waals surface area contributed by atoms with Gasteiger partial charge in [-0.2, -0.15) is 0 Å². The molecule has 0 aromatic heterocycles. The van der Waals surface area contributed by atoms with Crippen LogP contribution < -0.4 is 5.32 Å². The predicted octanol–water partition coefficient (Wildman–Crippen LogP) is 2.12. The molecular weight excluding hydrogens is 134 g/mol. The lowest BCUT2D eigenvalue weighted by atomic mass is 9.99. The molecule has 55 valence electrons. The van der Waals surface area contributed by atoms with Gasteiger partial charge in [-0.15, -0.1) is 0 Å². The first-order valence-electron chi connectivity index (χ1n) is 3.81. The molecule has 1 aromatic rings. The molecule has 11 heavy (non-hydrogen) atoms. The van der Waals surface area contributed by atoms with Crippen LogP contribution in [0.1, 0.15) is 24.1 Å². The Hall–Kier alpha value is -1.24. The zero-order chi connectivity index (χ0) is 7.68. The summed E-state index contributed by atoms with van der Waals surface area (Å²) in [5, 5.41) is 3.24. The quantitative estimate of drug-likeness (QED) is 0.588. The van der Waals surface area contributed by atoms with E-state index >= 15 is 0 Å². The van der Waals surface area contributed by atoms with Gasteiger partial charge in [-0.25, -0.2) is 0 Å². The van der Waals surface area contributed by atoms with Gasteiger partial charge in [-0.3, -0.25) is 0 Å². The van der Waals surface area contributed by atoms with Crippen LogP contribution in [-0.2, 0) is 0 Å². The Kier molecular flexibility index (Phi) is 1.42. The zero-order valence-corrected chi connectivity index (χ0v) is 6.46. The highest BCUT2D eigenvalue weighted by Gasteiger charge is 2.09. The van der Waals surface area contributed by atoms with E-state index in [1.807, 2.05) is 18.3 Å². The molecule has 1 aliphatic rings. The Balaban J connectivity index is 2.54. The first-order chi connectivity index (χ1) is 5.38. The van der Waals surface area contributed by atoms with E-state index in [0.29, 0.717) is 6.04 Å². The molecule has 0 saturated carbocycles. The van der Waals surface area contributed by atoms with Crippen LogP contribution in [-0.4, -0.2) is 0 Å². The van der Waals surface area contributed by atoms with Crippen LogP contribution in [0.15, 0.2) is 24.4 Å². The molecular formula is C10H10N. The van der Waals surface area contributed by atoms with Gasteiger partial charge < -0.3 is 5.32 Å². The topological polar surface area (TPSA) is 12.0 Å². The fourth-order valence-corrected chi connectivity index (χ4v) is 1.35. The number of hydrogen-bond donors (Lipinski definition) is 1. The normalized spacial score (nSPS) is 20.6. The van der Waals surface area contributed by atoms with Gasteiger partial charge in [0.15, 0.2) is 0 Å². The summed E-state index contributed by atoms with van der Waals surface area (Å²) in [6.07, 6.45) is 4.03. The van der Waals surface area contributed by atoms with Gasteiger partial charge in [0.25, 0.3) is 0 Å². The van der Waals surface area contributed by atoms with Crippen LogP contribution in [0.25, 0.3) is 6.08 Å². The molecule has 1 nitrogen and oxygen atoms in total. The van der Waals surface area contributed by atoms with E-state index in [4.69, 9.17) is 0 Å². The van der Waals surface area contributed by atoms with Gasteiger partial charge in [-0.05, 0) is 36.4 Å². The van der Waals surface area contributed by atoms with Gasteiger partial charge in [0.05, 0.1) is 0 Å². The fraction of sp³-hybridized carbons (Fsp3) is 0.200. The largest absolute Gasteiger partial charge is 0.384 e. The van der Waals surface area contributed by atoms with Crippen LogP contribution in [0.3, 0.4) is 0 Å². The summed E-state index contributed by atoms with van der Waals surface area (Å²) in [7, 11) is 0. The second-order valence-corrected chi connectivity index (χ2v) is 2.76. The van der Waals surface area contributed by atoms with E-state index in [-0.39, 0.29) is 0 Å². The number of nitrogens with one attached hydrogen (secondary N) is 1. The average molecular weight is 144 g/mol. The average Bonchev–Trinajstić information content (AvgIpc) is 2.06. The van der Waals surface area contributed by atoms with Gasteiger partial charge in [-0.1, -0.05) is 18.2 Å². The maximum atomic E-state index is 3.24. The molecule has 0 amide bonds. The van der Waals surface area contributed by atoms with E-state index in [2.05, 4.69) is 30.4 Å². The molecule has 0 aliphatic carbocycles. The molecule has 1 aromatic carbocycles. The third-order valence-corrected chi connectivity index (χ3v) is 1.98. The molecule has 0 spiro atoms. The molecule has 1 heterocycles. The summed E-state index contributed by atoms with van der Waals surface area (Å²) < 4.78 is 0. The first kappa shape index (κ1) is 6.47. The lowest BCUT2D eigenvalue weighted by molar-refractivity contribution is 0.678. The molecule has 1 aliphatic heterocycles. The van der Waals surface area contributed by atoms with Crippen LogP contribution in [0.5, 0.6) is 0 Å². The van der Waals surface area contributed by atoms with Crippen molar-refractivity contribution in [2.75, 3.05) is 0 Å². The SMILES string of the molecule is CC1NC=Cc2[c]cccc21. The fourth-order valence-electron chi connectivity index (χ4n) is 1.35. The Morgan fingerprint density at radius 2 is 2.45 bits per heavy atom. The van der Waals surface area contributed by atoms with E-state index in [9.17, 15) is 0 Å². The molecule has 0 fully saturated rings. The maximum Gasteiger partial charge on any atom is 0.0486 e. The van der Waals surface area contributed by atoms with Crippen molar-refractivity contribution in [1.82, 2.24) is 5.32 Å². The zero-order valence-electron chi connectivity index (χ0n) is 6.46. The monoisotopic (exact) mass is 144 g/mol. The minimum Gasteiger partial charge on any atom is -0.384 e. The third kappa shape index (κ3) is 1.03. The van der Waals surface area contributed by atoms with Gasteiger partial charge in [0.2, 0.25) is 0 Å². The highest BCUT2D eigenvalue weighted by Crippen LogP contribution is 2.21. The maximum absolute atomic E-state index is 3.24. The molecule has 1 unspecified atom stereocenters. The van der Waals surface area contributed by atoms with Crippen LogP contribution in [0, 0.1) is 6.07 Å². The summed E-state index contributed by atoms with van der Waals surface area (Å²) in [5.74, 6) is 0. The number of rotatable bonds is 0. The number of fused-ring (bicyclic) bond motifs is 1. The highest BCUT2D eigenvalue weighted by atomic mass is 14.9. The summed E-state index contributed by atoms with van der Waals surface area (Å²) in [4.78, 5) is 0. The highest BCUT2D eigenvalue weighted by molar-refractivity contribution is 5.55. The Bertz CT molecular complexity index is 289. The van der Waals surface area contributed by atoms with Crippen molar-refractivity contribution in [2.24, 2.45) is 0 Å². The summed E-state index contributed by atoms with van der Waals surface area (Å²) >= 11 is 0. The second kappa shape index (κ2) is 2.42. The van der Waals surface area contributed by atoms with Gasteiger partial charge in [0, 0.05) is 6.04 Å². The van der Waals surface area contributed by atoms with Crippen molar-refractivity contribution >= 4 is 6.08 Å². The first-order valence-corrected chi connectivity index (χ1v) is 3.81. The summed E-state index contributed by atoms with van der Waals surface area (Å²) in [5.41, 5.74) is 2.54. The van der Waals surface area contributed by atoms with Crippen molar-refractivity contribution in [2.45, 2.75) is 13.0 Å². The Morgan fingerprint density at radius 1 is 1.55 bits per heavy atom. The van der Waals surface area contributed by atoms with E-state index < -0.39 is 0 Å². The smallest absolute Gasteiger partial charge is 0.0486 e. The van der Waals surface area contributed by atoms with Crippen LogP contribution in [0.4, 0.5) is 0 Å². The van der Waals surface area contributed by atoms with Crippen molar-refractivity contribution in [3.8, 4) is 0 Å². The molecule has 2 rings (SSSR count). The number of hydrogen-bond acceptors (Lipinski definition) is 1. The van der Waals surface area contributed by atoms with Crippen molar-refractivity contribution in [3.05, 3.63) is 41.6 Å². The Morgan fingerprint density at radius 3 is 3.27 bits per heavy atom. The minimum absolute atomic E-state index is 0.424. The molecule has 1 N–H and O–H groups in total. The van der Waals surface area contributed by atoms with Crippen LogP contribution in [0.2, 0.25) is 0 Å². The summed E-state index contributed by atoms with van der Waals surface area (Å²) in [6, 6.07) is 9.72. The van der Waals surface area contributed by atoms with Crippen molar-refractivity contribution < 1.29 is 0 Å². The molecule has 0 saturated heterocycles. The van der Waals surface area contributed by atoms with E-state index in [1.165, 1.54) is 11.1 Å². The van der Waals surface area contributed by atoms with Crippen molar-refractivity contribution in [1.29, 1.82) is 0 Å². The van der Waals surface area contributed by atoms with Gasteiger partial charge >= 0.3 is 0 Å². The molecule has 1 atom stereocenters. The van der Waals surface area contributed by atoms with Gasteiger partial charge in [0.1, 0.15) is 0 Å². The molecule has 0 bridgehead atoms. The molecule has 1 heteroatoms.